The molecular formula is C16H15F4N. The van der Waals surface area contributed by atoms with Crippen LogP contribution in [0.3, 0.4) is 0 Å². The minimum atomic E-state index is -0.936. The second kappa shape index (κ2) is 6.26. The highest BCUT2D eigenvalue weighted by molar-refractivity contribution is 5.27. The fraction of sp³-hybridized carbons (Fsp3) is 0.250. The zero-order chi connectivity index (χ0) is 15.6. The number of hydrogen-bond donors (Lipinski definition) is 1. The third kappa shape index (κ3) is 3.61. The minimum Gasteiger partial charge on any atom is -0.306 e. The molecule has 0 heterocycles. The average molecular weight is 297 g/mol. The van der Waals surface area contributed by atoms with Crippen molar-refractivity contribution < 1.29 is 17.6 Å². The molecule has 0 bridgehead atoms. The van der Waals surface area contributed by atoms with Crippen LogP contribution in [-0.4, -0.2) is 0 Å². The predicted octanol–water partition coefficient (Wildman–Crippen LogP) is 4.40. The first-order valence-corrected chi connectivity index (χ1v) is 6.51. The molecule has 0 fully saturated rings. The molecule has 0 radical (unpaired) electrons. The van der Waals surface area contributed by atoms with Gasteiger partial charge in [0.2, 0.25) is 0 Å². The van der Waals surface area contributed by atoms with E-state index in [1.165, 1.54) is 13.0 Å². The number of nitrogens with one attached hydrogen (secondary N) is 1. The average Bonchev–Trinajstić information content (AvgIpc) is 2.44. The molecule has 0 saturated heterocycles. The van der Waals surface area contributed by atoms with Gasteiger partial charge in [0.1, 0.15) is 11.6 Å². The molecule has 0 amide bonds. The van der Waals surface area contributed by atoms with Crippen molar-refractivity contribution in [1.29, 1.82) is 0 Å². The van der Waals surface area contributed by atoms with Gasteiger partial charge in [-0.2, -0.15) is 0 Å². The first-order valence-electron chi connectivity index (χ1n) is 6.51. The van der Waals surface area contributed by atoms with Gasteiger partial charge in [-0.3, -0.25) is 0 Å². The Labute approximate surface area is 120 Å². The molecule has 0 spiro atoms. The molecule has 2 rings (SSSR count). The third-order valence-electron chi connectivity index (χ3n) is 3.34. The van der Waals surface area contributed by atoms with E-state index >= 15 is 0 Å². The molecule has 0 aliphatic rings. The lowest BCUT2D eigenvalue weighted by molar-refractivity contribution is 0.499. The van der Waals surface area contributed by atoms with E-state index in [4.69, 9.17) is 0 Å². The van der Waals surface area contributed by atoms with E-state index in [2.05, 4.69) is 5.32 Å². The Hall–Kier alpha value is -1.88. The highest BCUT2D eigenvalue weighted by Gasteiger charge is 2.14. The van der Waals surface area contributed by atoms with Gasteiger partial charge >= 0.3 is 0 Å². The van der Waals surface area contributed by atoms with E-state index < -0.39 is 29.3 Å². The standard InChI is InChI=1S/C16H15F4N/c1-9-5-15(19)12(7-14(9)18)10(2)21-8-11-3-4-13(17)16(20)6-11/h3-7,10,21H,8H2,1-2H3. The highest BCUT2D eigenvalue weighted by Crippen LogP contribution is 2.21. The second-order valence-corrected chi connectivity index (χ2v) is 4.97. The van der Waals surface area contributed by atoms with Gasteiger partial charge in [0.25, 0.3) is 0 Å². The summed E-state index contributed by atoms with van der Waals surface area (Å²) in [5.74, 6) is -2.83. The van der Waals surface area contributed by atoms with Crippen molar-refractivity contribution >= 4 is 0 Å². The molecule has 1 atom stereocenters. The lowest BCUT2D eigenvalue weighted by Gasteiger charge is -2.16. The summed E-state index contributed by atoms with van der Waals surface area (Å²) < 4.78 is 53.2. The number of hydrogen-bond acceptors (Lipinski definition) is 1. The summed E-state index contributed by atoms with van der Waals surface area (Å²) >= 11 is 0. The quantitative estimate of drug-likeness (QED) is 0.825. The van der Waals surface area contributed by atoms with Crippen LogP contribution in [0.1, 0.15) is 29.7 Å². The summed E-state index contributed by atoms with van der Waals surface area (Å²) in [5.41, 5.74) is 0.957. The van der Waals surface area contributed by atoms with Crippen LogP contribution in [0.5, 0.6) is 0 Å². The van der Waals surface area contributed by atoms with Crippen LogP contribution < -0.4 is 5.32 Å². The van der Waals surface area contributed by atoms with Crippen molar-refractivity contribution in [2.45, 2.75) is 26.4 Å². The maximum Gasteiger partial charge on any atom is 0.159 e. The maximum absolute atomic E-state index is 13.8. The van der Waals surface area contributed by atoms with Crippen LogP contribution in [-0.2, 0) is 6.54 Å². The first-order chi connectivity index (χ1) is 9.88. The van der Waals surface area contributed by atoms with Crippen molar-refractivity contribution in [1.82, 2.24) is 5.32 Å². The Morgan fingerprint density at radius 3 is 2.29 bits per heavy atom. The number of benzene rings is 2. The predicted molar refractivity (Wildman–Crippen MR) is 72.7 cm³/mol. The largest absolute Gasteiger partial charge is 0.306 e. The number of halogens is 4. The number of rotatable bonds is 4. The van der Waals surface area contributed by atoms with E-state index in [0.29, 0.717) is 5.56 Å². The number of aryl methyl sites for hydroxylation is 1. The van der Waals surface area contributed by atoms with Gasteiger partial charge < -0.3 is 5.32 Å². The van der Waals surface area contributed by atoms with Crippen LogP contribution in [0.15, 0.2) is 30.3 Å². The molecule has 0 aromatic heterocycles. The fourth-order valence-corrected chi connectivity index (χ4v) is 2.02. The molecule has 0 aliphatic heterocycles. The topological polar surface area (TPSA) is 12.0 Å². The van der Waals surface area contributed by atoms with Crippen molar-refractivity contribution in [3.63, 3.8) is 0 Å². The second-order valence-electron chi connectivity index (χ2n) is 4.97. The highest BCUT2D eigenvalue weighted by atomic mass is 19.2. The molecule has 1 nitrogen and oxygen atoms in total. The lowest BCUT2D eigenvalue weighted by Crippen LogP contribution is -2.19. The Morgan fingerprint density at radius 2 is 1.62 bits per heavy atom. The molecular weight excluding hydrogens is 282 g/mol. The molecule has 112 valence electrons. The normalized spacial score (nSPS) is 12.5. The Bertz CT molecular complexity index is 655. The van der Waals surface area contributed by atoms with Crippen molar-refractivity contribution in [3.05, 3.63) is 70.3 Å². The fourth-order valence-electron chi connectivity index (χ4n) is 2.02. The zero-order valence-corrected chi connectivity index (χ0v) is 11.7. The third-order valence-corrected chi connectivity index (χ3v) is 3.34. The van der Waals surface area contributed by atoms with Crippen LogP contribution in [0.25, 0.3) is 0 Å². The molecule has 2 aromatic rings. The van der Waals surface area contributed by atoms with Crippen LogP contribution in [0.2, 0.25) is 0 Å². The van der Waals surface area contributed by atoms with E-state index in [-0.39, 0.29) is 17.7 Å². The molecule has 21 heavy (non-hydrogen) atoms. The van der Waals surface area contributed by atoms with Crippen LogP contribution >= 0.6 is 0 Å². The molecule has 2 aromatic carbocycles. The molecule has 1 unspecified atom stereocenters. The van der Waals surface area contributed by atoms with Gasteiger partial charge in [-0.05, 0) is 49.2 Å². The van der Waals surface area contributed by atoms with Crippen molar-refractivity contribution in [3.8, 4) is 0 Å². The SMILES string of the molecule is Cc1cc(F)c(C(C)NCc2ccc(F)c(F)c2)cc1F. The monoisotopic (exact) mass is 297 g/mol. The molecule has 0 saturated carbocycles. The summed E-state index contributed by atoms with van der Waals surface area (Å²) in [6, 6.07) is 5.36. The van der Waals surface area contributed by atoms with Crippen LogP contribution in [0.4, 0.5) is 17.6 Å². The Morgan fingerprint density at radius 1 is 0.905 bits per heavy atom. The summed E-state index contributed by atoms with van der Waals surface area (Å²) in [7, 11) is 0. The van der Waals surface area contributed by atoms with E-state index in [9.17, 15) is 17.6 Å². The lowest BCUT2D eigenvalue weighted by atomic mass is 10.0. The molecule has 5 heteroatoms. The summed E-state index contributed by atoms with van der Waals surface area (Å²) in [6.07, 6.45) is 0. The first kappa shape index (κ1) is 15.5. The Kier molecular flexibility index (Phi) is 4.63. The smallest absolute Gasteiger partial charge is 0.159 e. The van der Waals surface area contributed by atoms with Crippen molar-refractivity contribution in [2.75, 3.05) is 0 Å². The molecule has 1 N–H and O–H groups in total. The minimum absolute atomic E-state index is 0.195. The van der Waals surface area contributed by atoms with Gasteiger partial charge in [0.05, 0.1) is 0 Å². The van der Waals surface area contributed by atoms with Gasteiger partial charge in [-0.1, -0.05) is 6.07 Å². The van der Waals surface area contributed by atoms with Crippen LogP contribution in [0, 0.1) is 30.2 Å². The van der Waals surface area contributed by atoms with Gasteiger partial charge in [-0.25, -0.2) is 17.6 Å². The van der Waals surface area contributed by atoms with E-state index in [1.54, 1.807) is 6.92 Å². The summed E-state index contributed by atoms with van der Waals surface area (Å²) in [6.45, 7) is 3.38. The van der Waals surface area contributed by atoms with Gasteiger partial charge in [-0.15, -0.1) is 0 Å². The Balaban J connectivity index is 2.09. The maximum atomic E-state index is 13.8. The van der Waals surface area contributed by atoms with Crippen molar-refractivity contribution in [2.24, 2.45) is 0 Å². The summed E-state index contributed by atoms with van der Waals surface area (Å²) in [4.78, 5) is 0. The van der Waals surface area contributed by atoms with Gasteiger partial charge in [0, 0.05) is 18.2 Å². The van der Waals surface area contributed by atoms with E-state index in [1.807, 2.05) is 0 Å². The molecule has 0 aliphatic carbocycles. The summed E-state index contributed by atoms with van der Waals surface area (Å²) in [5, 5.41) is 2.95. The zero-order valence-electron chi connectivity index (χ0n) is 11.7. The van der Waals surface area contributed by atoms with Gasteiger partial charge in [0.15, 0.2) is 11.6 Å². The van der Waals surface area contributed by atoms with E-state index in [0.717, 1.165) is 24.3 Å².